The minimum atomic E-state index is -0.856. The molecule has 2 rings (SSSR count). The van der Waals surface area contributed by atoms with Gasteiger partial charge >= 0.3 is 13.1 Å². The van der Waals surface area contributed by atoms with Crippen LogP contribution in [0.5, 0.6) is 0 Å². The first kappa shape index (κ1) is 14.1. The Morgan fingerprint density at radius 1 is 1.32 bits per heavy atom. The molecule has 6 heteroatoms. The van der Waals surface area contributed by atoms with Gasteiger partial charge in [-0.2, -0.15) is 0 Å². The van der Waals surface area contributed by atoms with Gasteiger partial charge in [-0.25, -0.2) is 0 Å². The van der Waals surface area contributed by atoms with Gasteiger partial charge in [-0.15, -0.1) is 0 Å². The van der Waals surface area contributed by atoms with E-state index in [1.54, 1.807) is 0 Å². The molecule has 2 atom stereocenters. The van der Waals surface area contributed by atoms with E-state index in [0.717, 1.165) is 5.46 Å². The number of carbonyl (C=O) groups is 1. The Labute approximate surface area is 112 Å². The summed E-state index contributed by atoms with van der Waals surface area (Å²) in [7, 11) is -0.504. The molecule has 19 heavy (non-hydrogen) atoms. The van der Waals surface area contributed by atoms with Crippen LogP contribution in [0.3, 0.4) is 0 Å². The van der Waals surface area contributed by atoms with Crippen molar-refractivity contribution in [3.63, 3.8) is 0 Å². The molecule has 1 heterocycles. The number of carboxylic acids is 1. The van der Waals surface area contributed by atoms with E-state index < -0.39 is 13.1 Å². The van der Waals surface area contributed by atoms with Gasteiger partial charge in [0, 0.05) is 6.10 Å². The van der Waals surface area contributed by atoms with Gasteiger partial charge in [0.05, 0.1) is 12.5 Å². The third-order valence-corrected chi connectivity index (χ3v) is 3.12. The Balaban J connectivity index is 2.07. The molecule has 0 saturated carbocycles. The zero-order chi connectivity index (χ0) is 13.7. The van der Waals surface area contributed by atoms with Crippen LogP contribution in [-0.2, 0) is 14.1 Å². The van der Waals surface area contributed by atoms with E-state index in [0.29, 0.717) is 19.4 Å². The van der Waals surface area contributed by atoms with Crippen LogP contribution in [0.2, 0.25) is 0 Å². The van der Waals surface area contributed by atoms with Gasteiger partial charge in [-0.05, 0) is 24.8 Å². The Kier molecular flexibility index (Phi) is 4.96. The van der Waals surface area contributed by atoms with E-state index in [4.69, 9.17) is 20.1 Å². The maximum absolute atomic E-state index is 10.8. The number of benzene rings is 1. The van der Waals surface area contributed by atoms with E-state index in [-0.39, 0.29) is 18.6 Å². The highest BCUT2D eigenvalue weighted by Crippen LogP contribution is 2.21. The van der Waals surface area contributed by atoms with Crippen LogP contribution in [0, 0.1) is 0 Å². The standard InChI is InChI=1S/C13H18BNO4/c15-7-6-11-8-12(9-13(16)17)19-14(18-11)10-4-2-1-3-5-10/h1-5,11-12H,6-9,15H2,(H,16,17). The van der Waals surface area contributed by atoms with Crippen molar-refractivity contribution in [2.24, 2.45) is 5.73 Å². The zero-order valence-electron chi connectivity index (χ0n) is 10.7. The van der Waals surface area contributed by atoms with Crippen LogP contribution in [-0.4, -0.2) is 36.9 Å². The fourth-order valence-corrected chi connectivity index (χ4v) is 2.25. The molecule has 1 saturated heterocycles. The van der Waals surface area contributed by atoms with E-state index >= 15 is 0 Å². The molecule has 3 N–H and O–H groups in total. The summed E-state index contributed by atoms with van der Waals surface area (Å²) in [5, 5.41) is 8.89. The van der Waals surface area contributed by atoms with Crippen LogP contribution < -0.4 is 11.2 Å². The highest BCUT2D eigenvalue weighted by Gasteiger charge is 2.35. The lowest BCUT2D eigenvalue weighted by atomic mass is 9.76. The van der Waals surface area contributed by atoms with Gasteiger partial charge in [-0.1, -0.05) is 30.3 Å². The van der Waals surface area contributed by atoms with Gasteiger partial charge in [0.15, 0.2) is 0 Å². The van der Waals surface area contributed by atoms with Crippen LogP contribution in [0.1, 0.15) is 19.3 Å². The number of hydrogen-bond acceptors (Lipinski definition) is 4. The molecule has 0 spiro atoms. The third kappa shape index (κ3) is 4.06. The zero-order valence-corrected chi connectivity index (χ0v) is 10.7. The Morgan fingerprint density at radius 2 is 2.00 bits per heavy atom. The molecule has 1 fully saturated rings. The molecule has 0 bridgehead atoms. The molecular formula is C13H18BNO4. The molecule has 0 aliphatic carbocycles. The van der Waals surface area contributed by atoms with Crippen molar-refractivity contribution in [1.29, 1.82) is 0 Å². The van der Waals surface area contributed by atoms with Gasteiger partial charge in [0.2, 0.25) is 0 Å². The second kappa shape index (κ2) is 6.70. The second-order valence-corrected chi connectivity index (χ2v) is 4.67. The maximum atomic E-state index is 10.8. The van der Waals surface area contributed by atoms with E-state index in [9.17, 15) is 4.79 Å². The quantitative estimate of drug-likeness (QED) is 0.750. The van der Waals surface area contributed by atoms with Gasteiger partial charge in [-0.3, -0.25) is 4.79 Å². The normalized spacial score (nSPS) is 23.3. The number of aliphatic carboxylic acids is 1. The monoisotopic (exact) mass is 263 g/mol. The number of hydrogen-bond donors (Lipinski definition) is 2. The predicted molar refractivity (Wildman–Crippen MR) is 72.1 cm³/mol. The van der Waals surface area contributed by atoms with E-state index in [1.165, 1.54) is 0 Å². The number of nitrogens with two attached hydrogens (primary N) is 1. The summed E-state index contributed by atoms with van der Waals surface area (Å²) in [6.45, 7) is 0.520. The van der Waals surface area contributed by atoms with E-state index in [2.05, 4.69) is 0 Å². The Bertz CT molecular complexity index is 414. The van der Waals surface area contributed by atoms with Crippen LogP contribution in [0.25, 0.3) is 0 Å². The maximum Gasteiger partial charge on any atom is 0.494 e. The number of rotatable bonds is 5. The fraction of sp³-hybridized carbons (Fsp3) is 0.462. The fourth-order valence-electron chi connectivity index (χ4n) is 2.25. The molecule has 102 valence electrons. The Morgan fingerprint density at radius 3 is 2.63 bits per heavy atom. The van der Waals surface area contributed by atoms with Crippen molar-refractivity contribution in [2.75, 3.05) is 6.54 Å². The average Bonchev–Trinajstić information content (AvgIpc) is 2.39. The summed E-state index contributed by atoms with van der Waals surface area (Å²) in [6, 6.07) is 9.54. The first-order valence-corrected chi connectivity index (χ1v) is 6.46. The molecule has 2 unspecified atom stereocenters. The summed E-state index contributed by atoms with van der Waals surface area (Å²) in [6.07, 6.45) is 0.907. The molecule has 5 nitrogen and oxygen atoms in total. The summed E-state index contributed by atoms with van der Waals surface area (Å²) in [4.78, 5) is 10.8. The van der Waals surface area contributed by atoms with E-state index in [1.807, 2.05) is 30.3 Å². The van der Waals surface area contributed by atoms with Crippen LogP contribution in [0.4, 0.5) is 0 Å². The van der Waals surface area contributed by atoms with Gasteiger partial charge in [0.1, 0.15) is 0 Å². The second-order valence-electron chi connectivity index (χ2n) is 4.67. The van der Waals surface area contributed by atoms with Crippen molar-refractivity contribution in [3.8, 4) is 0 Å². The van der Waals surface area contributed by atoms with Crippen molar-refractivity contribution in [2.45, 2.75) is 31.5 Å². The summed E-state index contributed by atoms with van der Waals surface area (Å²) in [5.41, 5.74) is 6.46. The first-order valence-electron chi connectivity index (χ1n) is 6.46. The molecule has 1 aliphatic heterocycles. The minimum absolute atomic E-state index is 0.00619. The molecule has 1 aromatic rings. The largest absolute Gasteiger partial charge is 0.494 e. The summed E-state index contributed by atoms with van der Waals surface area (Å²) < 4.78 is 11.5. The molecule has 1 aromatic carbocycles. The van der Waals surface area contributed by atoms with Crippen molar-refractivity contribution in [3.05, 3.63) is 30.3 Å². The average molecular weight is 263 g/mol. The van der Waals surface area contributed by atoms with Gasteiger partial charge in [0.25, 0.3) is 0 Å². The third-order valence-electron chi connectivity index (χ3n) is 3.12. The van der Waals surface area contributed by atoms with Crippen molar-refractivity contribution in [1.82, 2.24) is 0 Å². The lowest BCUT2D eigenvalue weighted by Crippen LogP contribution is -2.49. The molecule has 0 radical (unpaired) electrons. The molecule has 0 aromatic heterocycles. The molecule has 0 amide bonds. The van der Waals surface area contributed by atoms with Gasteiger partial charge < -0.3 is 20.1 Å². The van der Waals surface area contributed by atoms with Crippen LogP contribution >= 0.6 is 0 Å². The molecular weight excluding hydrogens is 245 g/mol. The summed E-state index contributed by atoms with van der Waals surface area (Å²) >= 11 is 0. The number of carboxylic acid groups (broad SMARTS) is 1. The Hall–Kier alpha value is -1.37. The minimum Gasteiger partial charge on any atom is -0.481 e. The van der Waals surface area contributed by atoms with Crippen molar-refractivity contribution >= 4 is 18.6 Å². The topological polar surface area (TPSA) is 81.8 Å². The molecule has 1 aliphatic rings. The predicted octanol–water partition coefficient (Wildman–Crippen LogP) is 0.379. The van der Waals surface area contributed by atoms with Crippen molar-refractivity contribution < 1.29 is 19.2 Å². The first-order chi connectivity index (χ1) is 9.19. The highest BCUT2D eigenvalue weighted by molar-refractivity contribution is 6.61. The smallest absolute Gasteiger partial charge is 0.481 e. The SMILES string of the molecule is NCCC1CC(CC(=O)O)OB(c2ccccc2)O1. The lowest BCUT2D eigenvalue weighted by Gasteiger charge is -2.33. The highest BCUT2D eigenvalue weighted by atomic mass is 16.6. The lowest BCUT2D eigenvalue weighted by molar-refractivity contribution is -0.140. The summed E-state index contributed by atoms with van der Waals surface area (Å²) in [5.74, 6) is -0.856. The van der Waals surface area contributed by atoms with Crippen LogP contribution in [0.15, 0.2) is 30.3 Å².